The third-order valence-electron chi connectivity index (χ3n) is 4.07. The van der Waals surface area contributed by atoms with E-state index in [-0.39, 0.29) is 30.6 Å². The van der Waals surface area contributed by atoms with Gasteiger partial charge in [-0.1, -0.05) is 0 Å². The van der Waals surface area contributed by atoms with Crippen molar-refractivity contribution in [1.82, 2.24) is 14.5 Å². The van der Waals surface area contributed by atoms with E-state index in [1.165, 1.54) is 4.31 Å². The number of likely N-dealkylation sites (tertiary alicyclic amines) is 1. The lowest BCUT2D eigenvalue weighted by Crippen LogP contribution is -2.49. The average Bonchev–Trinajstić information content (AvgIpc) is 3.29. The molecule has 2 fully saturated rings. The highest BCUT2D eigenvalue weighted by atomic mass is 32.2. The molecule has 2 aliphatic rings. The molecule has 0 atom stereocenters. The van der Waals surface area contributed by atoms with Gasteiger partial charge in [-0.3, -0.25) is 4.79 Å². The first-order valence-electron chi connectivity index (χ1n) is 7.99. The summed E-state index contributed by atoms with van der Waals surface area (Å²) in [6.07, 6.45) is 3.74. The summed E-state index contributed by atoms with van der Waals surface area (Å²) in [5.74, 6) is -0.281. The van der Waals surface area contributed by atoms with Crippen LogP contribution in [0, 0.1) is 0 Å². The second-order valence-corrected chi connectivity index (χ2v) is 8.00. The molecule has 8 nitrogen and oxygen atoms in total. The molecule has 1 N–H and O–H groups in total. The molecule has 0 bridgehead atoms. The Kier molecular flexibility index (Phi) is 5.85. The number of nitrogens with zero attached hydrogens (tertiary/aromatic N) is 2. The highest BCUT2D eigenvalue weighted by Gasteiger charge is 2.36. The van der Waals surface area contributed by atoms with Gasteiger partial charge in [0, 0.05) is 25.2 Å². The van der Waals surface area contributed by atoms with Crippen LogP contribution in [-0.2, 0) is 19.6 Å². The van der Waals surface area contributed by atoms with Crippen LogP contribution < -0.4 is 5.32 Å². The number of rotatable bonds is 6. The molecule has 0 aromatic heterocycles. The lowest BCUT2D eigenvalue weighted by atomic mass is 10.1. The minimum absolute atomic E-state index is 0.0265. The van der Waals surface area contributed by atoms with Crippen LogP contribution in [0.4, 0.5) is 4.79 Å². The zero-order valence-corrected chi connectivity index (χ0v) is 14.5. The molecule has 1 heterocycles. The van der Waals surface area contributed by atoms with E-state index in [9.17, 15) is 18.0 Å². The van der Waals surface area contributed by atoms with Gasteiger partial charge in [-0.25, -0.2) is 13.2 Å². The first-order chi connectivity index (χ1) is 10.8. The maximum Gasteiger partial charge on any atom is 0.409 e. The van der Waals surface area contributed by atoms with E-state index in [4.69, 9.17) is 4.74 Å². The van der Waals surface area contributed by atoms with E-state index in [1.54, 1.807) is 11.8 Å². The quantitative estimate of drug-likeness (QED) is 0.738. The van der Waals surface area contributed by atoms with Gasteiger partial charge in [0.05, 0.1) is 19.4 Å². The van der Waals surface area contributed by atoms with Gasteiger partial charge in [-0.2, -0.15) is 4.31 Å². The Balaban J connectivity index is 1.77. The molecule has 2 rings (SSSR count). The zero-order valence-electron chi connectivity index (χ0n) is 13.7. The van der Waals surface area contributed by atoms with Crippen LogP contribution in [0.5, 0.6) is 0 Å². The van der Waals surface area contributed by atoms with Crippen LogP contribution in [0.15, 0.2) is 0 Å². The number of ether oxygens (including phenoxy) is 1. The van der Waals surface area contributed by atoms with E-state index in [0.29, 0.717) is 32.5 Å². The van der Waals surface area contributed by atoms with Gasteiger partial charge in [0.2, 0.25) is 15.9 Å². The summed E-state index contributed by atoms with van der Waals surface area (Å²) >= 11 is 0. The van der Waals surface area contributed by atoms with Crippen LogP contribution in [0.3, 0.4) is 0 Å². The fourth-order valence-electron chi connectivity index (χ4n) is 2.72. The van der Waals surface area contributed by atoms with Gasteiger partial charge in [-0.05, 0) is 32.6 Å². The summed E-state index contributed by atoms with van der Waals surface area (Å²) in [6.45, 7) is 3.04. The van der Waals surface area contributed by atoms with Crippen molar-refractivity contribution in [3.63, 3.8) is 0 Å². The lowest BCUT2D eigenvalue weighted by molar-refractivity contribution is -0.122. The Morgan fingerprint density at radius 3 is 2.30 bits per heavy atom. The predicted octanol–water partition coefficient (Wildman–Crippen LogP) is 0.148. The maximum absolute atomic E-state index is 12.1. The molecule has 0 aromatic carbocycles. The lowest BCUT2D eigenvalue weighted by Gasteiger charge is -2.32. The second kappa shape index (κ2) is 7.48. The summed E-state index contributed by atoms with van der Waals surface area (Å²) in [7, 11) is -3.36. The van der Waals surface area contributed by atoms with E-state index < -0.39 is 10.0 Å². The van der Waals surface area contributed by atoms with Crippen LogP contribution in [0.2, 0.25) is 0 Å². The van der Waals surface area contributed by atoms with Crippen molar-refractivity contribution in [3.8, 4) is 0 Å². The highest BCUT2D eigenvalue weighted by molar-refractivity contribution is 7.88. The molecule has 9 heteroatoms. The molecule has 0 spiro atoms. The molecule has 0 unspecified atom stereocenters. The predicted molar refractivity (Wildman–Crippen MR) is 84.3 cm³/mol. The van der Waals surface area contributed by atoms with Gasteiger partial charge in [0.25, 0.3) is 0 Å². The van der Waals surface area contributed by atoms with Gasteiger partial charge in [0.15, 0.2) is 0 Å². The normalized spacial score (nSPS) is 19.7. The molecule has 0 radical (unpaired) electrons. The standard InChI is InChI=1S/C14H25N3O5S/c1-3-22-14(19)16-8-6-11(7-9-16)15-13(18)10-17(12-4-5-12)23(2,20)21/h11-12H,3-10H2,1-2H3,(H,15,18). The molecule has 1 aliphatic heterocycles. The summed E-state index contributed by atoms with van der Waals surface area (Å²) in [5, 5.41) is 2.87. The molecule has 23 heavy (non-hydrogen) atoms. The van der Waals surface area contributed by atoms with Crippen LogP contribution >= 0.6 is 0 Å². The minimum atomic E-state index is -3.36. The number of carbonyl (C=O) groups excluding carboxylic acids is 2. The number of sulfonamides is 1. The highest BCUT2D eigenvalue weighted by Crippen LogP contribution is 2.28. The largest absolute Gasteiger partial charge is 0.450 e. The van der Waals surface area contributed by atoms with E-state index >= 15 is 0 Å². The smallest absolute Gasteiger partial charge is 0.409 e. The fourth-order valence-corrected chi connectivity index (χ4v) is 3.82. The molecule has 0 aromatic rings. The fraction of sp³-hybridized carbons (Fsp3) is 0.857. The number of nitrogens with one attached hydrogen (secondary N) is 1. The van der Waals surface area contributed by atoms with E-state index in [0.717, 1.165) is 19.1 Å². The number of carbonyl (C=O) groups is 2. The number of amides is 2. The van der Waals surface area contributed by atoms with Crippen molar-refractivity contribution >= 4 is 22.0 Å². The molecule has 1 saturated heterocycles. The number of hydrogen-bond acceptors (Lipinski definition) is 5. The van der Waals surface area contributed by atoms with Gasteiger partial charge >= 0.3 is 6.09 Å². The topological polar surface area (TPSA) is 96.0 Å². The molecular formula is C14H25N3O5S. The van der Waals surface area contributed by atoms with Crippen molar-refractivity contribution in [3.05, 3.63) is 0 Å². The Bertz CT molecular complexity index is 539. The SMILES string of the molecule is CCOC(=O)N1CCC(NC(=O)CN(C2CC2)S(C)(=O)=O)CC1. The molecule has 1 saturated carbocycles. The first kappa shape index (κ1) is 18.0. The molecule has 132 valence electrons. The average molecular weight is 347 g/mol. The number of piperidine rings is 1. The number of hydrogen-bond donors (Lipinski definition) is 1. The van der Waals surface area contributed by atoms with Crippen molar-refractivity contribution in [2.24, 2.45) is 0 Å². The van der Waals surface area contributed by atoms with Crippen LogP contribution in [-0.4, -0.2) is 74.2 Å². The molecular weight excluding hydrogens is 322 g/mol. The van der Waals surface area contributed by atoms with Crippen LogP contribution in [0.25, 0.3) is 0 Å². The van der Waals surface area contributed by atoms with E-state index in [2.05, 4.69) is 5.32 Å². The Morgan fingerprint density at radius 2 is 1.83 bits per heavy atom. The Morgan fingerprint density at radius 1 is 1.22 bits per heavy atom. The first-order valence-corrected chi connectivity index (χ1v) is 9.84. The van der Waals surface area contributed by atoms with Gasteiger partial charge < -0.3 is 15.0 Å². The Hall–Kier alpha value is -1.35. The van der Waals surface area contributed by atoms with E-state index in [1.807, 2.05) is 0 Å². The van der Waals surface area contributed by atoms with Gasteiger partial charge in [0.1, 0.15) is 0 Å². The van der Waals surface area contributed by atoms with Crippen molar-refractivity contribution in [2.75, 3.05) is 32.5 Å². The molecule has 2 amide bonds. The maximum atomic E-state index is 12.1. The summed E-state index contributed by atoms with van der Waals surface area (Å²) in [4.78, 5) is 25.3. The van der Waals surface area contributed by atoms with Gasteiger partial charge in [-0.15, -0.1) is 0 Å². The van der Waals surface area contributed by atoms with Crippen molar-refractivity contribution < 1.29 is 22.7 Å². The Labute approximate surface area is 137 Å². The third kappa shape index (κ3) is 5.35. The van der Waals surface area contributed by atoms with Crippen LogP contribution in [0.1, 0.15) is 32.6 Å². The summed E-state index contributed by atoms with van der Waals surface area (Å²) in [6, 6.07) is -0.0600. The van der Waals surface area contributed by atoms with Crippen molar-refractivity contribution in [2.45, 2.75) is 44.7 Å². The second-order valence-electron chi connectivity index (χ2n) is 6.07. The summed E-state index contributed by atoms with van der Waals surface area (Å²) < 4.78 is 29.6. The third-order valence-corrected chi connectivity index (χ3v) is 5.34. The summed E-state index contributed by atoms with van der Waals surface area (Å²) in [5.41, 5.74) is 0. The zero-order chi connectivity index (χ0) is 17.0. The minimum Gasteiger partial charge on any atom is -0.450 e. The monoisotopic (exact) mass is 347 g/mol. The molecule has 1 aliphatic carbocycles. The van der Waals surface area contributed by atoms with Crippen molar-refractivity contribution in [1.29, 1.82) is 0 Å².